The maximum absolute atomic E-state index is 11.9. The minimum atomic E-state index is -0.884. The number of halogens is 2. The van der Waals surface area contributed by atoms with E-state index in [1.54, 1.807) is 0 Å². The van der Waals surface area contributed by atoms with Crippen molar-refractivity contribution in [2.75, 3.05) is 0 Å². The molecule has 0 saturated heterocycles. The average molecular weight is 983 g/mol. The van der Waals surface area contributed by atoms with Gasteiger partial charge in [0.05, 0.1) is 22.8 Å². The fourth-order valence-electron chi connectivity index (χ4n) is 9.25. The van der Waals surface area contributed by atoms with Crippen molar-refractivity contribution < 1.29 is 62.9 Å². The summed E-state index contributed by atoms with van der Waals surface area (Å²) < 4.78 is 4.62. The highest BCUT2D eigenvalue weighted by Crippen LogP contribution is 2.38. The van der Waals surface area contributed by atoms with E-state index in [0.29, 0.717) is 24.2 Å². The van der Waals surface area contributed by atoms with Crippen LogP contribution in [0.2, 0.25) is 0 Å². The molecule has 0 spiro atoms. The first kappa shape index (κ1) is 45.8. The molecule has 2 aliphatic heterocycles. The first-order chi connectivity index (χ1) is 30.0. The second-order valence-electron chi connectivity index (χ2n) is 16.5. The molecule has 0 fully saturated rings. The largest absolute Gasteiger partial charge is 1.00 e. The number of carboxylic acid groups (broad SMARTS) is 2. The number of fused-ring (bicyclic) bond motifs is 10. The van der Waals surface area contributed by atoms with Gasteiger partial charge in [0.2, 0.25) is 11.0 Å². The molecule has 0 radical (unpaired) electrons. The lowest BCUT2D eigenvalue weighted by Crippen LogP contribution is -3.00. The van der Waals surface area contributed by atoms with Crippen molar-refractivity contribution in [1.82, 2.24) is 19.9 Å². The Hall–Kier alpha value is -6.24. The van der Waals surface area contributed by atoms with E-state index in [9.17, 15) is 19.8 Å². The summed E-state index contributed by atoms with van der Waals surface area (Å²) in [5.74, 6) is -1.77. The SMILES string of the molecule is CC1=C(CCC(=O)O)c2cc3nc(cc4[nH]c(cc5[nH]c(cc1n2)c(C)c5CC[n+]1cccc2ccccc21)c(C)c4CC[n+]1cccc2ccccc21)C(C)=C3CCC(=O)O.[Br-].[Br-]. The Morgan fingerprint density at radius 2 is 0.922 bits per heavy atom. The molecule has 9 rings (SSSR count). The van der Waals surface area contributed by atoms with Gasteiger partial charge in [0.1, 0.15) is 0 Å². The molecule has 0 saturated carbocycles. The number of carbonyl (C=O) groups is 2. The summed E-state index contributed by atoms with van der Waals surface area (Å²) in [6.45, 7) is 9.89. The molecule has 2 aromatic carbocycles. The van der Waals surface area contributed by atoms with Crippen molar-refractivity contribution in [1.29, 1.82) is 0 Å². The predicted octanol–water partition coefficient (Wildman–Crippen LogP) is 3.90. The van der Waals surface area contributed by atoms with E-state index in [4.69, 9.17) is 9.97 Å². The fraction of sp³-hybridized carbons (Fsp3) is 0.231. The van der Waals surface area contributed by atoms with E-state index >= 15 is 0 Å². The van der Waals surface area contributed by atoms with E-state index in [-0.39, 0.29) is 46.8 Å². The summed E-state index contributed by atoms with van der Waals surface area (Å²) in [6, 6.07) is 33.7. The smallest absolute Gasteiger partial charge is 0.303 e. The molecule has 64 heavy (non-hydrogen) atoms. The highest BCUT2D eigenvalue weighted by atomic mass is 79.9. The number of aromatic amines is 2. The zero-order valence-electron chi connectivity index (χ0n) is 36.3. The molecule has 2 aliphatic rings. The van der Waals surface area contributed by atoms with Gasteiger partial charge in [-0.15, -0.1) is 0 Å². The number of rotatable bonds is 12. The van der Waals surface area contributed by atoms with Gasteiger partial charge in [0.15, 0.2) is 25.5 Å². The number of hydrogen-bond acceptors (Lipinski definition) is 4. The Morgan fingerprint density at radius 3 is 1.39 bits per heavy atom. The third-order valence-electron chi connectivity index (χ3n) is 12.8. The lowest BCUT2D eigenvalue weighted by Gasteiger charge is -2.05. The summed E-state index contributed by atoms with van der Waals surface area (Å²) in [5.41, 5.74) is 17.2. The molecule has 0 amide bonds. The molecule has 10 nitrogen and oxygen atoms in total. The maximum atomic E-state index is 11.9. The van der Waals surface area contributed by atoms with Gasteiger partial charge in [-0.25, -0.2) is 9.97 Å². The molecule has 0 aliphatic carbocycles. The predicted molar refractivity (Wildman–Crippen MR) is 245 cm³/mol. The number of allylic oxidation sites excluding steroid dienone is 4. The van der Waals surface area contributed by atoms with Crippen molar-refractivity contribution in [3.63, 3.8) is 0 Å². The first-order valence-corrected chi connectivity index (χ1v) is 21.3. The van der Waals surface area contributed by atoms with E-state index in [1.165, 1.54) is 32.9 Å². The minimum Gasteiger partial charge on any atom is -1.00 e. The van der Waals surface area contributed by atoms with E-state index < -0.39 is 11.9 Å². The second kappa shape index (κ2) is 19.2. The summed E-state index contributed by atoms with van der Waals surface area (Å²) >= 11 is 0. The van der Waals surface area contributed by atoms with Crippen LogP contribution in [0.1, 0.15) is 84.6 Å². The van der Waals surface area contributed by atoms with Gasteiger partial charge < -0.3 is 54.1 Å². The fourth-order valence-corrected chi connectivity index (χ4v) is 9.25. The van der Waals surface area contributed by atoms with Crippen LogP contribution in [0.25, 0.3) is 66.2 Å². The Labute approximate surface area is 392 Å². The van der Waals surface area contributed by atoms with Gasteiger partial charge in [-0.1, -0.05) is 24.3 Å². The normalized spacial score (nSPS) is 12.4. The quantitative estimate of drug-likeness (QED) is 0.137. The topological polar surface area (TPSA) is 140 Å². The number of nitrogens with zero attached hydrogens (tertiary/aromatic N) is 4. The summed E-state index contributed by atoms with van der Waals surface area (Å²) in [4.78, 5) is 41.8. The van der Waals surface area contributed by atoms with Gasteiger partial charge in [-0.2, -0.15) is 9.13 Å². The average Bonchev–Trinajstić information content (AvgIpc) is 3.92. The second-order valence-corrected chi connectivity index (χ2v) is 16.5. The number of para-hydroxylation sites is 2. The number of hydrogen-bond donors (Lipinski definition) is 4. The summed E-state index contributed by atoms with van der Waals surface area (Å²) in [6.07, 6.45) is 6.32. The lowest BCUT2D eigenvalue weighted by atomic mass is 9.98. The zero-order valence-corrected chi connectivity index (χ0v) is 39.5. The van der Waals surface area contributed by atoms with Crippen LogP contribution in [-0.2, 0) is 35.5 Å². The van der Waals surface area contributed by atoms with Crippen molar-refractivity contribution >= 4 is 78.1 Å². The zero-order chi connectivity index (χ0) is 43.1. The number of benzene rings is 2. The van der Waals surface area contributed by atoms with Crippen LogP contribution >= 0.6 is 0 Å². The number of aliphatic carboxylic acids is 2. The van der Waals surface area contributed by atoms with Crippen LogP contribution in [0.15, 0.2) is 109 Å². The van der Waals surface area contributed by atoms with Crippen molar-refractivity contribution in [3.05, 3.63) is 154 Å². The van der Waals surface area contributed by atoms with Crippen molar-refractivity contribution in [2.24, 2.45) is 0 Å². The van der Waals surface area contributed by atoms with E-state index in [0.717, 1.165) is 92.8 Å². The Balaban J connectivity index is 0.00000306. The standard InChI is InChI=1S/C52H48N6O4.2BrH/c1-31-37(17-19-51(59)60)47-30-48-38(18-20-52(61)62)32(2)43(56-48)28-46-40(22-26-58-24-10-14-36-12-6-8-16-50(36)58)34(4)44(55-46)29-45-39(33(3)42(53-45)27-41(31)54-47)21-25-57-23-9-13-35-11-5-7-15-49(35)57;;/h5-16,23-24,27-30H,17-22,25-26H2,1-4H3,(H2-2,53,54,55,56,59,60,61,62);2*1H. The van der Waals surface area contributed by atoms with Gasteiger partial charge in [0, 0.05) is 82.8 Å². The molecule has 0 unspecified atom stereocenters. The highest BCUT2D eigenvalue weighted by Gasteiger charge is 2.24. The van der Waals surface area contributed by atoms with Gasteiger partial charge in [-0.3, -0.25) is 9.59 Å². The molecule has 0 atom stereocenters. The molecular weight excluding hydrogens is 932 g/mol. The molecule has 7 aromatic rings. The molecule has 8 bridgehead atoms. The van der Waals surface area contributed by atoms with Crippen molar-refractivity contribution in [2.45, 2.75) is 79.3 Å². The van der Waals surface area contributed by atoms with Crippen LogP contribution in [0.3, 0.4) is 0 Å². The van der Waals surface area contributed by atoms with Crippen LogP contribution in [0.4, 0.5) is 0 Å². The first-order valence-electron chi connectivity index (χ1n) is 21.3. The van der Waals surface area contributed by atoms with Gasteiger partial charge >= 0.3 is 11.9 Å². The van der Waals surface area contributed by atoms with Gasteiger partial charge in [-0.05, 0) is 134 Å². The Bertz CT molecular complexity index is 3210. The molecule has 5 aromatic heterocycles. The molecular formula is C52H50Br2N6O4. The molecule has 326 valence electrons. The summed E-state index contributed by atoms with van der Waals surface area (Å²) in [7, 11) is 0. The highest BCUT2D eigenvalue weighted by molar-refractivity contribution is 5.96. The van der Waals surface area contributed by atoms with Crippen LogP contribution in [0, 0.1) is 13.8 Å². The third kappa shape index (κ3) is 9.07. The Kier molecular flexibility index (Phi) is 13.8. The van der Waals surface area contributed by atoms with E-state index in [1.807, 2.05) is 19.9 Å². The minimum absolute atomic E-state index is 0. The molecule has 12 heteroatoms. The molecule has 7 heterocycles. The van der Waals surface area contributed by atoms with Crippen LogP contribution in [-0.4, -0.2) is 42.1 Å². The lowest BCUT2D eigenvalue weighted by molar-refractivity contribution is -0.671. The number of carboxylic acids is 2. The van der Waals surface area contributed by atoms with Crippen LogP contribution in [0.5, 0.6) is 0 Å². The summed E-state index contributed by atoms with van der Waals surface area (Å²) in [5, 5.41) is 21.9. The van der Waals surface area contributed by atoms with E-state index in [2.05, 4.69) is 136 Å². The van der Waals surface area contributed by atoms with Crippen molar-refractivity contribution in [3.8, 4) is 0 Å². The number of aryl methyl sites for hydroxylation is 6. The monoisotopic (exact) mass is 980 g/mol. The molecule has 4 N–H and O–H groups in total. The van der Waals surface area contributed by atoms with Gasteiger partial charge in [0.25, 0.3) is 0 Å². The number of pyridine rings is 2. The third-order valence-corrected chi connectivity index (χ3v) is 12.8. The number of H-pyrrole nitrogens is 2. The number of aromatic nitrogens is 6. The maximum Gasteiger partial charge on any atom is 0.303 e. The Morgan fingerprint density at radius 1 is 0.516 bits per heavy atom. The van der Waals surface area contributed by atoms with Crippen LogP contribution < -0.4 is 43.1 Å². The number of nitrogens with one attached hydrogen (secondary N) is 2.